The van der Waals surface area contributed by atoms with E-state index < -0.39 is 0 Å². The summed E-state index contributed by atoms with van der Waals surface area (Å²) >= 11 is 0. The van der Waals surface area contributed by atoms with Gasteiger partial charge in [0, 0.05) is 24.2 Å². The van der Waals surface area contributed by atoms with Gasteiger partial charge in [-0.2, -0.15) is 5.10 Å². The van der Waals surface area contributed by atoms with Crippen LogP contribution in [-0.4, -0.2) is 46.8 Å². The summed E-state index contributed by atoms with van der Waals surface area (Å²) in [5, 5.41) is 7.56. The smallest absolute Gasteiger partial charge is 0.241 e. The Kier molecular flexibility index (Phi) is 6.44. The molecular weight excluding hydrogens is 412 g/mol. The SMILES string of the molecule is Cc1ccc2c(c1)-c1c(cnn1CC(=O)NCCN1CCC(Cc3ccccc3)CC1)CO2. The van der Waals surface area contributed by atoms with E-state index >= 15 is 0 Å². The predicted octanol–water partition coefficient (Wildman–Crippen LogP) is 3.82. The van der Waals surface area contributed by atoms with E-state index in [2.05, 4.69) is 58.6 Å². The Bertz CT molecular complexity index is 1100. The van der Waals surface area contributed by atoms with Crippen LogP contribution in [0, 0.1) is 12.8 Å². The lowest BCUT2D eigenvalue weighted by Gasteiger charge is -2.32. The van der Waals surface area contributed by atoms with Crippen molar-refractivity contribution in [3.63, 3.8) is 0 Å². The van der Waals surface area contributed by atoms with E-state index in [1.165, 1.54) is 24.8 Å². The zero-order chi connectivity index (χ0) is 22.6. The highest BCUT2D eigenvalue weighted by Gasteiger charge is 2.23. The molecule has 0 bridgehead atoms. The van der Waals surface area contributed by atoms with E-state index in [1.54, 1.807) is 4.68 Å². The number of fused-ring (bicyclic) bond motifs is 3. The number of benzene rings is 2. The summed E-state index contributed by atoms with van der Waals surface area (Å²) in [5.74, 6) is 1.62. The van der Waals surface area contributed by atoms with E-state index in [0.29, 0.717) is 13.2 Å². The van der Waals surface area contributed by atoms with Crippen LogP contribution in [0.4, 0.5) is 0 Å². The first-order valence-corrected chi connectivity index (χ1v) is 12.0. The number of carbonyl (C=O) groups excluding carboxylic acids is 1. The van der Waals surface area contributed by atoms with Crippen molar-refractivity contribution in [3.8, 4) is 17.0 Å². The molecule has 5 rings (SSSR count). The molecule has 6 heteroatoms. The maximum atomic E-state index is 12.7. The Hall–Kier alpha value is -3.12. The van der Waals surface area contributed by atoms with Crippen molar-refractivity contribution in [2.45, 2.75) is 39.3 Å². The Morgan fingerprint density at radius 3 is 2.79 bits per heavy atom. The summed E-state index contributed by atoms with van der Waals surface area (Å²) in [5.41, 5.74) is 5.64. The molecule has 1 amide bonds. The van der Waals surface area contributed by atoms with Crippen LogP contribution in [0.3, 0.4) is 0 Å². The fourth-order valence-corrected chi connectivity index (χ4v) is 4.98. The first-order chi connectivity index (χ1) is 16.2. The number of piperidine rings is 1. The zero-order valence-corrected chi connectivity index (χ0v) is 19.3. The molecule has 0 unspecified atom stereocenters. The van der Waals surface area contributed by atoms with Crippen LogP contribution in [0.25, 0.3) is 11.3 Å². The number of aryl methyl sites for hydroxylation is 1. The molecule has 33 heavy (non-hydrogen) atoms. The lowest BCUT2D eigenvalue weighted by Crippen LogP contribution is -2.40. The number of nitrogens with one attached hydrogen (secondary N) is 1. The third-order valence-corrected chi connectivity index (χ3v) is 6.81. The number of nitrogens with zero attached hydrogens (tertiary/aromatic N) is 3. The molecule has 3 heterocycles. The van der Waals surface area contributed by atoms with Gasteiger partial charge in [-0.05, 0) is 62.9 Å². The highest BCUT2D eigenvalue weighted by molar-refractivity contribution is 5.78. The fourth-order valence-electron chi connectivity index (χ4n) is 4.98. The molecule has 0 saturated carbocycles. The van der Waals surface area contributed by atoms with Gasteiger partial charge in [0.15, 0.2) is 0 Å². The van der Waals surface area contributed by atoms with Crippen LogP contribution in [0.1, 0.15) is 29.5 Å². The first-order valence-electron chi connectivity index (χ1n) is 12.0. The second-order valence-electron chi connectivity index (χ2n) is 9.29. The summed E-state index contributed by atoms with van der Waals surface area (Å²) in [6.07, 6.45) is 5.44. The van der Waals surface area contributed by atoms with E-state index in [1.807, 2.05) is 18.3 Å². The Balaban J connectivity index is 1.09. The Morgan fingerprint density at radius 2 is 1.97 bits per heavy atom. The van der Waals surface area contributed by atoms with Gasteiger partial charge in [0.2, 0.25) is 5.91 Å². The molecule has 2 aliphatic heterocycles. The monoisotopic (exact) mass is 444 g/mol. The molecule has 0 radical (unpaired) electrons. The second kappa shape index (κ2) is 9.79. The molecule has 2 aromatic carbocycles. The van der Waals surface area contributed by atoms with Gasteiger partial charge >= 0.3 is 0 Å². The minimum absolute atomic E-state index is 0.000517. The van der Waals surface area contributed by atoms with E-state index in [-0.39, 0.29) is 12.5 Å². The van der Waals surface area contributed by atoms with Crippen molar-refractivity contribution < 1.29 is 9.53 Å². The molecule has 2 aliphatic rings. The van der Waals surface area contributed by atoms with Crippen LogP contribution in [-0.2, 0) is 24.4 Å². The van der Waals surface area contributed by atoms with Gasteiger partial charge in [-0.15, -0.1) is 0 Å². The van der Waals surface area contributed by atoms with Gasteiger partial charge in [-0.25, -0.2) is 0 Å². The topological polar surface area (TPSA) is 59.4 Å². The van der Waals surface area contributed by atoms with Crippen LogP contribution in [0.15, 0.2) is 54.7 Å². The van der Waals surface area contributed by atoms with Gasteiger partial charge in [0.05, 0.1) is 11.9 Å². The van der Waals surface area contributed by atoms with Gasteiger partial charge < -0.3 is 15.0 Å². The molecule has 1 saturated heterocycles. The molecule has 1 N–H and O–H groups in total. The van der Waals surface area contributed by atoms with Crippen molar-refractivity contribution in [2.75, 3.05) is 26.2 Å². The van der Waals surface area contributed by atoms with E-state index in [9.17, 15) is 4.79 Å². The first kappa shape index (κ1) is 21.7. The Morgan fingerprint density at radius 1 is 1.15 bits per heavy atom. The number of hydrogen-bond acceptors (Lipinski definition) is 4. The standard InChI is InChI=1S/C27H32N4O2/c1-20-7-8-25-24(15-20)27-23(19-33-25)17-29-31(27)18-26(32)28-11-14-30-12-9-22(10-13-30)16-21-5-3-2-4-6-21/h2-8,15,17,22H,9-14,16,18-19H2,1H3,(H,28,32). The number of hydrogen-bond donors (Lipinski definition) is 1. The number of rotatable bonds is 7. The second-order valence-corrected chi connectivity index (χ2v) is 9.29. The van der Waals surface area contributed by atoms with Crippen molar-refractivity contribution in [1.82, 2.24) is 20.0 Å². The molecule has 1 aromatic heterocycles. The van der Waals surface area contributed by atoms with Crippen molar-refractivity contribution in [1.29, 1.82) is 0 Å². The number of ether oxygens (including phenoxy) is 1. The predicted molar refractivity (Wildman–Crippen MR) is 129 cm³/mol. The van der Waals surface area contributed by atoms with E-state index in [0.717, 1.165) is 53.7 Å². The number of carbonyl (C=O) groups is 1. The van der Waals surface area contributed by atoms with Crippen molar-refractivity contribution in [3.05, 3.63) is 71.4 Å². The summed E-state index contributed by atoms with van der Waals surface area (Å²) in [6, 6.07) is 16.9. The van der Waals surface area contributed by atoms with Crippen molar-refractivity contribution in [2.24, 2.45) is 5.92 Å². The summed E-state index contributed by atoms with van der Waals surface area (Å²) in [6.45, 7) is 6.56. The third kappa shape index (κ3) is 5.11. The highest BCUT2D eigenvalue weighted by atomic mass is 16.5. The fraction of sp³-hybridized carbons (Fsp3) is 0.407. The molecule has 1 fully saturated rings. The largest absolute Gasteiger partial charge is 0.488 e. The van der Waals surface area contributed by atoms with Gasteiger partial charge in [0.1, 0.15) is 18.9 Å². The summed E-state index contributed by atoms with van der Waals surface area (Å²) in [4.78, 5) is 15.1. The molecule has 0 atom stereocenters. The minimum Gasteiger partial charge on any atom is -0.488 e. The number of amides is 1. The van der Waals surface area contributed by atoms with Crippen LogP contribution < -0.4 is 10.1 Å². The number of likely N-dealkylation sites (tertiary alicyclic amines) is 1. The molecule has 172 valence electrons. The van der Waals surface area contributed by atoms with Crippen molar-refractivity contribution >= 4 is 5.91 Å². The average Bonchev–Trinajstić information content (AvgIpc) is 3.24. The summed E-state index contributed by atoms with van der Waals surface area (Å²) in [7, 11) is 0. The van der Waals surface area contributed by atoms with Gasteiger partial charge in [-0.3, -0.25) is 9.48 Å². The normalized spacial score (nSPS) is 16.0. The zero-order valence-electron chi connectivity index (χ0n) is 19.3. The number of aromatic nitrogens is 2. The maximum absolute atomic E-state index is 12.7. The van der Waals surface area contributed by atoms with Crippen LogP contribution in [0.5, 0.6) is 5.75 Å². The molecule has 6 nitrogen and oxygen atoms in total. The summed E-state index contributed by atoms with van der Waals surface area (Å²) < 4.78 is 7.64. The molecule has 3 aromatic rings. The van der Waals surface area contributed by atoms with Gasteiger partial charge in [0.25, 0.3) is 0 Å². The van der Waals surface area contributed by atoms with Crippen LogP contribution >= 0.6 is 0 Å². The highest BCUT2D eigenvalue weighted by Crippen LogP contribution is 2.37. The molecule has 0 spiro atoms. The molecular formula is C27H32N4O2. The van der Waals surface area contributed by atoms with E-state index in [4.69, 9.17) is 4.74 Å². The Labute approximate surface area is 195 Å². The molecule has 0 aliphatic carbocycles. The lowest BCUT2D eigenvalue weighted by atomic mass is 9.90. The lowest BCUT2D eigenvalue weighted by molar-refractivity contribution is -0.121. The average molecular weight is 445 g/mol. The van der Waals surface area contributed by atoms with Gasteiger partial charge in [-0.1, -0.05) is 42.0 Å². The third-order valence-electron chi connectivity index (χ3n) is 6.81. The minimum atomic E-state index is 0.000517. The van der Waals surface area contributed by atoms with Crippen LogP contribution in [0.2, 0.25) is 0 Å². The quantitative estimate of drug-likeness (QED) is 0.602. The maximum Gasteiger partial charge on any atom is 0.241 e.